The van der Waals surface area contributed by atoms with Crippen LogP contribution in [0.2, 0.25) is 0 Å². The summed E-state index contributed by atoms with van der Waals surface area (Å²) in [6.45, 7) is 2.12. The van der Waals surface area contributed by atoms with Gasteiger partial charge in [-0.2, -0.15) is 0 Å². The maximum Gasteiger partial charge on any atom is 0.268 e. The van der Waals surface area contributed by atoms with Crippen LogP contribution >= 0.6 is 11.8 Å². The van der Waals surface area contributed by atoms with Crippen LogP contribution in [-0.4, -0.2) is 30.0 Å². The van der Waals surface area contributed by atoms with Gasteiger partial charge in [-0.15, -0.1) is 0 Å². The summed E-state index contributed by atoms with van der Waals surface area (Å²) in [4.78, 5) is 21.0. The van der Waals surface area contributed by atoms with Crippen LogP contribution in [0.25, 0.3) is 11.3 Å². The zero-order valence-corrected chi connectivity index (χ0v) is 20.8. The Hall–Kier alpha value is -3.76. The second kappa shape index (κ2) is 9.71. The first-order valence-electron chi connectivity index (χ1n) is 11.1. The van der Waals surface area contributed by atoms with Gasteiger partial charge in [-0.1, -0.05) is 66.4 Å². The summed E-state index contributed by atoms with van der Waals surface area (Å²) in [5.41, 5.74) is 3.46. The Morgan fingerprint density at radius 1 is 1.03 bits per heavy atom. The summed E-state index contributed by atoms with van der Waals surface area (Å²) < 4.78 is 42.4. The molecule has 182 valence electrons. The summed E-state index contributed by atoms with van der Waals surface area (Å²) in [6, 6.07) is 20.7. The van der Waals surface area contributed by atoms with Crippen molar-refractivity contribution in [1.29, 1.82) is 0 Å². The van der Waals surface area contributed by atoms with Gasteiger partial charge >= 0.3 is 0 Å². The van der Waals surface area contributed by atoms with E-state index in [9.17, 15) is 17.6 Å². The number of hydrogen-bond acceptors (Lipinski definition) is 6. The summed E-state index contributed by atoms with van der Waals surface area (Å²) in [5.74, 6) is -1.03. The number of anilines is 2. The van der Waals surface area contributed by atoms with Crippen molar-refractivity contribution in [3.63, 3.8) is 0 Å². The fourth-order valence-corrected chi connectivity index (χ4v) is 6.10. The molecule has 5 rings (SSSR count). The first-order valence-corrected chi connectivity index (χ1v) is 13.5. The molecule has 1 aliphatic heterocycles. The van der Waals surface area contributed by atoms with E-state index in [2.05, 4.69) is 15.3 Å². The Balaban J connectivity index is 1.43. The molecule has 2 heterocycles. The highest BCUT2D eigenvalue weighted by molar-refractivity contribution is 7.99. The molecule has 0 radical (unpaired) electrons. The van der Waals surface area contributed by atoms with Crippen LogP contribution in [0, 0.1) is 12.7 Å². The summed E-state index contributed by atoms with van der Waals surface area (Å²) >= 11 is 1.04. The number of para-hydroxylation sites is 2. The molecular formula is C26H21FN4O3S2. The van der Waals surface area contributed by atoms with Gasteiger partial charge in [0.25, 0.3) is 10.0 Å². The number of hydrogen-bond donors (Lipinski definition) is 1. The number of sulfonamides is 1. The maximum atomic E-state index is 13.8. The minimum Gasteiger partial charge on any atom is -0.323 e. The van der Waals surface area contributed by atoms with Crippen LogP contribution in [-0.2, 0) is 21.4 Å². The summed E-state index contributed by atoms with van der Waals surface area (Å²) in [6.07, 6.45) is 1.29. The van der Waals surface area contributed by atoms with Gasteiger partial charge in [0.2, 0.25) is 5.91 Å². The Morgan fingerprint density at radius 2 is 1.75 bits per heavy atom. The molecule has 0 unspecified atom stereocenters. The highest BCUT2D eigenvalue weighted by atomic mass is 32.2. The lowest BCUT2D eigenvalue weighted by Crippen LogP contribution is -2.34. The lowest BCUT2D eigenvalue weighted by atomic mass is 10.1. The first kappa shape index (κ1) is 24.0. The number of benzene rings is 3. The number of fused-ring (bicyclic) bond motifs is 3. The normalized spacial score (nSPS) is 13.6. The number of rotatable bonds is 6. The molecule has 1 aliphatic rings. The third-order valence-electron chi connectivity index (χ3n) is 5.78. The van der Waals surface area contributed by atoms with Gasteiger partial charge < -0.3 is 5.32 Å². The highest BCUT2D eigenvalue weighted by Crippen LogP contribution is 2.43. The van der Waals surface area contributed by atoms with Crippen LogP contribution in [0.1, 0.15) is 11.1 Å². The minimum atomic E-state index is -3.93. The van der Waals surface area contributed by atoms with Crippen molar-refractivity contribution in [2.75, 3.05) is 15.4 Å². The number of aromatic nitrogens is 2. The number of amides is 1. The molecule has 3 aromatic carbocycles. The SMILES string of the molecule is Cc1ccccc1CN1c2ccccc2-c2nc(SCC(=O)Nc3ccccc3F)ncc2S1(=O)=O. The third kappa shape index (κ3) is 4.57. The van der Waals surface area contributed by atoms with E-state index in [1.54, 1.807) is 18.2 Å². The van der Waals surface area contributed by atoms with E-state index in [1.807, 2.05) is 43.3 Å². The molecular weight excluding hydrogens is 499 g/mol. The predicted molar refractivity (Wildman–Crippen MR) is 138 cm³/mol. The molecule has 0 bridgehead atoms. The number of halogens is 1. The Kier molecular flexibility index (Phi) is 6.46. The number of nitrogens with one attached hydrogen (secondary N) is 1. The lowest BCUT2D eigenvalue weighted by molar-refractivity contribution is -0.113. The molecule has 0 spiro atoms. The number of carbonyl (C=O) groups excluding carboxylic acids is 1. The third-order valence-corrected chi connectivity index (χ3v) is 8.41. The van der Waals surface area contributed by atoms with E-state index in [0.717, 1.165) is 22.9 Å². The fraction of sp³-hybridized carbons (Fsp3) is 0.115. The van der Waals surface area contributed by atoms with Crippen molar-refractivity contribution in [1.82, 2.24) is 9.97 Å². The van der Waals surface area contributed by atoms with Gasteiger partial charge in [-0.3, -0.25) is 9.10 Å². The Bertz CT molecular complexity index is 1580. The fourth-order valence-electron chi connectivity index (χ4n) is 3.94. The van der Waals surface area contributed by atoms with Crippen LogP contribution < -0.4 is 9.62 Å². The van der Waals surface area contributed by atoms with E-state index >= 15 is 0 Å². The molecule has 36 heavy (non-hydrogen) atoms. The quantitative estimate of drug-likeness (QED) is 0.283. The number of carbonyl (C=O) groups is 1. The van der Waals surface area contributed by atoms with Crippen molar-refractivity contribution in [3.05, 3.63) is 95.9 Å². The number of aryl methyl sites for hydroxylation is 1. The number of nitrogens with zero attached hydrogens (tertiary/aromatic N) is 3. The first-order chi connectivity index (χ1) is 17.3. The van der Waals surface area contributed by atoms with Gasteiger partial charge in [0.1, 0.15) is 10.7 Å². The highest BCUT2D eigenvalue weighted by Gasteiger charge is 2.36. The smallest absolute Gasteiger partial charge is 0.268 e. The lowest BCUT2D eigenvalue weighted by Gasteiger charge is -2.31. The van der Waals surface area contributed by atoms with Gasteiger partial charge in [-0.25, -0.2) is 22.8 Å². The molecule has 1 aromatic heterocycles. The van der Waals surface area contributed by atoms with E-state index < -0.39 is 21.7 Å². The van der Waals surface area contributed by atoms with Gasteiger partial charge in [0.15, 0.2) is 5.16 Å². The van der Waals surface area contributed by atoms with Crippen molar-refractivity contribution >= 4 is 39.1 Å². The second-order valence-corrected chi connectivity index (χ2v) is 10.9. The topological polar surface area (TPSA) is 92.3 Å². The van der Waals surface area contributed by atoms with Crippen molar-refractivity contribution in [2.24, 2.45) is 0 Å². The van der Waals surface area contributed by atoms with E-state index in [4.69, 9.17) is 0 Å². The van der Waals surface area contributed by atoms with E-state index in [-0.39, 0.29) is 28.0 Å². The molecule has 7 nitrogen and oxygen atoms in total. The standard InChI is InChI=1S/C26H21FN4O3S2/c1-17-8-2-3-9-18(17)15-31-22-13-7-4-10-19(22)25-23(36(31,33)34)14-28-26(30-25)35-16-24(32)29-21-12-6-5-11-20(21)27/h2-14H,15-16H2,1H3,(H,29,32). The average Bonchev–Trinajstić information content (AvgIpc) is 2.87. The molecule has 0 saturated heterocycles. The van der Waals surface area contributed by atoms with Gasteiger partial charge in [0.05, 0.1) is 35.6 Å². The summed E-state index contributed by atoms with van der Waals surface area (Å²) in [7, 11) is -3.93. The zero-order valence-electron chi connectivity index (χ0n) is 19.2. The maximum absolute atomic E-state index is 13.8. The van der Waals surface area contributed by atoms with Crippen molar-refractivity contribution in [3.8, 4) is 11.3 Å². The van der Waals surface area contributed by atoms with E-state index in [1.165, 1.54) is 28.7 Å². The average molecular weight is 521 g/mol. The monoisotopic (exact) mass is 520 g/mol. The molecule has 0 fully saturated rings. The molecule has 10 heteroatoms. The Morgan fingerprint density at radius 3 is 2.56 bits per heavy atom. The van der Waals surface area contributed by atoms with E-state index in [0.29, 0.717) is 16.9 Å². The molecule has 1 N–H and O–H groups in total. The van der Waals surface area contributed by atoms with Crippen molar-refractivity contribution < 1.29 is 17.6 Å². The number of thioether (sulfide) groups is 1. The molecule has 0 atom stereocenters. The van der Waals surface area contributed by atoms with Crippen LogP contribution in [0.4, 0.5) is 15.8 Å². The Labute approximate surface area is 212 Å². The molecule has 1 amide bonds. The molecule has 0 saturated carbocycles. The predicted octanol–water partition coefficient (Wildman–Crippen LogP) is 5.03. The van der Waals surface area contributed by atoms with Gasteiger partial charge in [0, 0.05) is 5.56 Å². The second-order valence-electron chi connectivity index (χ2n) is 8.14. The van der Waals surface area contributed by atoms with Crippen LogP contribution in [0.3, 0.4) is 0 Å². The van der Waals surface area contributed by atoms with Crippen LogP contribution in [0.15, 0.2) is 89.0 Å². The summed E-state index contributed by atoms with van der Waals surface area (Å²) in [5, 5.41) is 2.76. The zero-order chi connectivity index (χ0) is 25.3. The largest absolute Gasteiger partial charge is 0.323 e. The minimum absolute atomic E-state index is 0.00921. The van der Waals surface area contributed by atoms with Crippen LogP contribution in [0.5, 0.6) is 0 Å². The van der Waals surface area contributed by atoms with Gasteiger partial charge in [-0.05, 0) is 36.2 Å². The molecule has 4 aromatic rings. The van der Waals surface area contributed by atoms with Crippen molar-refractivity contribution in [2.45, 2.75) is 23.5 Å². The molecule has 0 aliphatic carbocycles.